The second-order valence-electron chi connectivity index (χ2n) is 3.77. The molecule has 100 valence electrons. The fourth-order valence-electron chi connectivity index (χ4n) is 1.51. The van der Waals surface area contributed by atoms with Crippen LogP contribution in [-0.2, 0) is 14.0 Å². The van der Waals surface area contributed by atoms with Crippen molar-refractivity contribution >= 4 is 7.37 Å². The van der Waals surface area contributed by atoms with Gasteiger partial charge in [0.25, 0.3) is 7.37 Å². The highest BCUT2D eigenvalue weighted by molar-refractivity contribution is 7.58. The Morgan fingerprint density at radius 1 is 1.29 bits per heavy atom. The lowest BCUT2D eigenvalue weighted by Crippen LogP contribution is -2.21. The largest absolute Gasteiger partial charge is 0.345 e. The van der Waals surface area contributed by atoms with Crippen molar-refractivity contribution in [3.8, 4) is 6.07 Å². The van der Waals surface area contributed by atoms with Gasteiger partial charge in [-0.1, -0.05) is 13.3 Å². The standard InChI is InChI=1S/C11H22NO4P/c1-4-7-10(8-12)9-17(13,14)11(15-5-2)16-6-3/h10-11H,4-7,9H2,1-3H3,(H,13,14). The average molecular weight is 263 g/mol. The average Bonchev–Trinajstić information content (AvgIpc) is 2.28. The molecule has 0 fully saturated rings. The number of ether oxygens (including phenoxy) is 2. The van der Waals surface area contributed by atoms with E-state index < -0.39 is 19.3 Å². The molecular formula is C11H22NO4P. The monoisotopic (exact) mass is 263 g/mol. The van der Waals surface area contributed by atoms with Gasteiger partial charge in [0.05, 0.1) is 12.0 Å². The SMILES string of the molecule is CCCC(C#N)CP(=O)(O)C(OCC)OCC. The summed E-state index contributed by atoms with van der Waals surface area (Å²) in [6.07, 6.45) is 1.36. The third-order valence-electron chi connectivity index (χ3n) is 2.25. The molecule has 0 aromatic heterocycles. The Labute approximate surface area is 103 Å². The van der Waals surface area contributed by atoms with Gasteiger partial charge >= 0.3 is 0 Å². The smallest absolute Gasteiger partial charge is 0.256 e. The van der Waals surface area contributed by atoms with E-state index in [1.165, 1.54) is 0 Å². The molecule has 0 spiro atoms. The van der Waals surface area contributed by atoms with Crippen LogP contribution in [0.3, 0.4) is 0 Å². The minimum Gasteiger partial charge on any atom is -0.345 e. The topological polar surface area (TPSA) is 79.6 Å². The second-order valence-corrected chi connectivity index (χ2v) is 6.07. The van der Waals surface area contributed by atoms with Crippen LogP contribution in [-0.4, -0.2) is 30.3 Å². The zero-order chi connectivity index (χ0) is 13.3. The van der Waals surface area contributed by atoms with E-state index in [9.17, 15) is 9.46 Å². The van der Waals surface area contributed by atoms with Crippen molar-refractivity contribution in [1.82, 2.24) is 0 Å². The van der Waals surface area contributed by atoms with E-state index >= 15 is 0 Å². The van der Waals surface area contributed by atoms with Gasteiger partial charge in [-0.3, -0.25) is 4.57 Å². The molecule has 0 aliphatic heterocycles. The maximum Gasteiger partial charge on any atom is 0.256 e. The molecule has 0 bridgehead atoms. The molecule has 2 unspecified atom stereocenters. The molecule has 0 saturated carbocycles. The third-order valence-corrected chi connectivity index (χ3v) is 4.17. The summed E-state index contributed by atoms with van der Waals surface area (Å²) in [5, 5.41) is 8.90. The molecule has 0 amide bonds. The maximum absolute atomic E-state index is 12.1. The first-order valence-electron chi connectivity index (χ1n) is 5.96. The lowest BCUT2D eigenvalue weighted by molar-refractivity contribution is -0.0872. The molecule has 6 heteroatoms. The molecule has 5 nitrogen and oxygen atoms in total. The Bertz CT molecular complexity index is 284. The highest BCUT2D eigenvalue weighted by Gasteiger charge is 2.34. The van der Waals surface area contributed by atoms with Crippen molar-refractivity contribution in [3.63, 3.8) is 0 Å². The number of hydrogen-bond acceptors (Lipinski definition) is 4. The summed E-state index contributed by atoms with van der Waals surface area (Å²) in [5.41, 5.74) is 0. The first-order chi connectivity index (χ1) is 8.01. The van der Waals surface area contributed by atoms with E-state index in [1.54, 1.807) is 13.8 Å². The quantitative estimate of drug-likeness (QED) is 0.511. The minimum absolute atomic E-state index is 0.0675. The molecule has 0 radical (unpaired) electrons. The van der Waals surface area contributed by atoms with Crippen molar-refractivity contribution < 1.29 is 18.9 Å². The minimum atomic E-state index is -3.61. The maximum atomic E-state index is 12.1. The van der Waals surface area contributed by atoms with Gasteiger partial charge in [-0.25, -0.2) is 0 Å². The predicted molar refractivity (Wildman–Crippen MR) is 65.7 cm³/mol. The second kappa shape index (κ2) is 8.66. The molecular weight excluding hydrogens is 241 g/mol. The van der Waals surface area contributed by atoms with E-state index in [0.29, 0.717) is 19.6 Å². The lowest BCUT2D eigenvalue weighted by atomic mass is 10.1. The Morgan fingerprint density at radius 2 is 1.82 bits per heavy atom. The summed E-state index contributed by atoms with van der Waals surface area (Å²) >= 11 is 0. The zero-order valence-electron chi connectivity index (χ0n) is 10.8. The van der Waals surface area contributed by atoms with Crippen molar-refractivity contribution in [2.24, 2.45) is 5.92 Å². The van der Waals surface area contributed by atoms with Gasteiger partial charge in [-0.2, -0.15) is 5.26 Å². The molecule has 2 atom stereocenters. The molecule has 17 heavy (non-hydrogen) atoms. The normalized spacial score (nSPS) is 16.5. The molecule has 0 aliphatic carbocycles. The van der Waals surface area contributed by atoms with E-state index in [2.05, 4.69) is 6.07 Å². The van der Waals surface area contributed by atoms with E-state index in [-0.39, 0.29) is 6.16 Å². The van der Waals surface area contributed by atoms with Gasteiger partial charge in [0.2, 0.25) is 6.03 Å². The molecule has 0 rings (SSSR count). The van der Waals surface area contributed by atoms with Gasteiger partial charge in [-0.05, 0) is 20.3 Å². The number of hydrogen-bond donors (Lipinski definition) is 1. The van der Waals surface area contributed by atoms with E-state index in [1.807, 2.05) is 6.92 Å². The Kier molecular flexibility index (Phi) is 8.45. The molecule has 0 aromatic rings. The van der Waals surface area contributed by atoms with E-state index in [0.717, 1.165) is 6.42 Å². The Morgan fingerprint density at radius 3 is 2.18 bits per heavy atom. The van der Waals surface area contributed by atoms with Crippen LogP contribution in [0.4, 0.5) is 0 Å². The van der Waals surface area contributed by atoms with Crippen molar-refractivity contribution in [3.05, 3.63) is 0 Å². The van der Waals surface area contributed by atoms with E-state index in [4.69, 9.17) is 14.7 Å². The van der Waals surface area contributed by atoms with Crippen LogP contribution in [0.1, 0.15) is 33.6 Å². The van der Waals surface area contributed by atoms with Gasteiger partial charge < -0.3 is 14.4 Å². The summed E-state index contributed by atoms with van der Waals surface area (Å²) in [5.74, 6) is -0.417. The Balaban J connectivity index is 4.59. The van der Waals surface area contributed by atoms with Crippen LogP contribution in [0.25, 0.3) is 0 Å². The van der Waals surface area contributed by atoms with Gasteiger partial charge in [0, 0.05) is 19.4 Å². The van der Waals surface area contributed by atoms with Crippen LogP contribution in [0.15, 0.2) is 0 Å². The molecule has 0 aliphatic rings. The molecule has 0 heterocycles. The molecule has 0 aromatic carbocycles. The summed E-state index contributed by atoms with van der Waals surface area (Å²) in [6.45, 7) is 6.02. The summed E-state index contributed by atoms with van der Waals surface area (Å²) in [7, 11) is -3.61. The highest BCUT2D eigenvalue weighted by atomic mass is 31.2. The molecule has 1 N–H and O–H groups in total. The summed E-state index contributed by atoms with van der Waals surface area (Å²) < 4.78 is 22.3. The van der Waals surface area contributed by atoms with Gasteiger partial charge in [0.15, 0.2) is 0 Å². The zero-order valence-corrected chi connectivity index (χ0v) is 11.7. The predicted octanol–water partition coefficient (Wildman–Crippen LogP) is 2.55. The van der Waals surface area contributed by atoms with Crippen LogP contribution in [0.5, 0.6) is 0 Å². The Hall–Kier alpha value is -0.400. The summed E-state index contributed by atoms with van der Waals surface area (Å²) in [4.78, 5) is 9.92. The van der Waals surface area contributed by atoms with Crippen LogP contribution in [0, 0.1) is 17.2 Å². The first kappa shape index (κ1) is 16.6. The van der Waals surface area contributed by atoms with Crippen LogP contribution < -0.4 is 0 Å². The van der Waals surface area contributed by atoms with Crippen molar-refractivity contribution in [1.29, 1.82) is 5.26 Å². The van der Waals surface area contributed by atoms with Crippen LogP contribution >= 0.6 is 7.37 Å². The first-order valence-corrected chi connectivity index (χ1v) is 7.87. The van der Waals surface area contributed by atoms with Crippen molar-refractivity contribution in [2.45, 2.75) is 39.6 Å². The number of rotatable bonds is 9. The van der Waals surface area contributed by atoms with Gasteiger partial charge in [0.1, 0.15) is 0 Å². The van der Waals surface area contributed by atoms with Crippen LogP contribution in [0.2, 0.25) is 0 Å². The number of nitriles is 1. The number of nitrogens with zero attached hydrogens (tertiary/aromatic N) is 1. The fourth-order valence-corrected chi connectivity index (χ4v) is 3.35. The lowest BCUT2D eigenvalue weighted by Gasteiger charge is -2.23. The molecule has 0 saturated heterocycles. The fraction of sp³-hybridized carbons (Fsp3) is 0.909. The van der Waals surface area contributed by atoms with Crippen molar-refractivity contribution in [2.75, 3.05) is 19.4 Å². The highest BCUT2D eigenvalue weighted by Crippen LogP contribution is 2.49. The third kappa shape index (κ3) is 6.18. The summed E-state index contributed by atoms with van der Waals surface area (Å²) in [6, 6.07) is 0.949. The van der Waals surface area contributed by atoms with Gasteiger partial charge in [-0.15, -0.1) is 0 Å².